The Bertz CT molecular complexity index is 696. The third-order valence-electron chi connectivity index (χ3n) is 3.07. The summed E-state index contributed by atoms with van der Waals surface area (Å²) in [4.78, 5) is 11.8. The maximum atomic E-state index is 11.8. The van der Waals surface area contributed by atoms with Crippen LogP contribution < -0.4 is 10.6 Å². The molecule has 1 amide bonds. The number of thioether (sulfide) groups is 1. The summed E-state index contributed by atoms with van der Waals surface area (Å²) in [5, 5.41) is 15.6. The normalized spacial score (nSPS) is 12.0. The van der Waals surface area contributed by atoms with Crippen molar-refractivity contribution in [1.82, 2.24) is 15.5 Å². The van der Waals surface area contributed by atoms with E-state index in [1.807, 2.05) is 32.0 Å². The highest BCUT2D eigenvalue weighted by Gasteiger charge is 2.11. The van der Waals surface area contributed by atoms with Crippen LogP contribution in [0.15, 0.2) is 22.5 Å². The van der Waals surface area contributed by atoms with E-state index < -0.39 is 0 Å². The van der Waals surface area contributed by atoms with Crippen molar-refractivity contribution in [3.63, 3.8) is 0 Å². The number of nitrogens with zero attached hydrogens (tertiary/aromatic N) is 2. The van der Waals surface area contributed by atoms with Gasteiger partial charge >= 0.3 is 0 Å². The van der Waals surface area contributed by atoms with Gasteiger partial charge in [-0.1, -0.05) is 40.8 Å². The molecule has 2 rings (SSSR count). The molecule has 0 fully saturated rings. The predicted molar refractivity (Wildman–Crippen MR) is 99.6 cm³/mol. The van der Waals surface area contributed by atoms with E-state index >= 15 is 0 Å². The van der Waals surface area contributed by atoms with Gasteiger partial charge in [0, 0.05) is 23.9 Å². The van der Waals surface area contributed by atoms with E-state index in [-0.39, 0.29) is 11.9 Å². The highest BCUT2D eigenvalue weighted by atomic mass is 35.5. The van der Waals surface area contributed by atoms with Crippen LogP contribution in [0.3, 0.4) is 0 Å². The fourth-order valence-electron chi connectivity index (χ4n) is 1.91. The van der Waals surface area contributed by atoms with E-state index in [2.05, 4.69) is 20.8 Å². The predicted octanol–water partition coefficient (Wildman–Crippen LogP) is 3.49. The lowest BCUT2D eigenvalue weighted by Gasteiger charge is -2.11. The number of carbonyl (C=O) groups is 1. The number of aromatic nitrogens is 2. The Labute approximate surface area is 154 Å². The molecule has 0 aliphatic heterocycles. The van der Waals surface area contributed by atoms with E-state index in [4.69, 9.17) is 16.3 Å². The molecule has 0 bridgehead atoms. The number of amides is 1. The summed E-state index contributed by atoms with van der Waals surface area (Å²) >= 11 is 8.85. The molecular weight excluding hydrogens is 368 g/mol. The number of anilines is 2. The molecule has 0 spiro atoms. The van der Waals surface area contributed by atoms with Gasteiger partial charge in [-0.15, -0.1) is 10.2 Å². The standard InChI is InChI=1S/C15H19ClN4O2S2/c1-9(7-22-3)17-13(21)8-23-15-20-19-14(24-15)18-12-6-4-5-11(16)10(12)2/h4-6,9H,7-8H2,1-3H3,(H,17,21)(H,18,19). The van der Waals surface area contributed by atoms with Crippen LogP contribution in [0.1, 0.15) is 12.5 Å². The number of benzene rings is 1. The number of halogens is 1. The Hall–Kier alpha value is -1.35. The lowest BCUT2D eigenvalue weighted by molar-refractivity contribution is -0.119. The van der Waals surface area contributed by atoms with Crippen LogP contribution in [0.2, 0.25) is 5.02 Å². The first-order valence-electron chi connectivity index (χ1n) is 7.26. The van der Waals surface area contributed by atoms with Crippen molar-refractivity contribution in [1.29, 1.82) is 0 Å². The number of hydrogen-bond donors (Lipinski definition) is 2. The topological polar surface area (TPSA) is 76.1 Å². The molecular formula is C15H19ClN4O2S2. The molecule has 9 heteroatoms. The van der Waals surface area contributed by atoms with Gasteiger partial charge in [0.15, 0.2) is 4.34 Å². The van der Waals surface area contributed by atoms with Crippen LogP contribution >= 0.6 is 34.7 Å². The second-order valence-corrected chi connectivity index (χ2v) is 7.73. The first kappa shape index (κ1) is 19.0. The van der Waals surface area contributed by atoms with Crippen molar-refractivity contribution in [2.75, 3.05) is 24.8 Å². The maximum absolute atomic E-state index is 11.8. The van der Waals surface area contributed by atoms with Crippen LogP contribution in [0.25, 0.3) is 0 Å². The molecule has 130 valence electrons. The highest BCUT2D eigenvalue weighted by molar-refractivity contribution is 8.01. The van der Waals surface area contributed by atoms with Crippen LogP contribution in [-0.2, 0) is 9.53 Å². The number of methoxy groups -OCH3 is 1. The van der Waals surface area contributed by atoms with Crippen molar-refractivity contribution >= 4 is 51.4 Å². The molecule has 1 atom stereocenters. The smallest absolute Gasteiger partial charge is 0.230 e. The second-order valence-electron chi connectivity index (χ2n) is 5.12. The molecule has 0 radical (unpaired) electrons. The maximum Gasteiger partial charge on any atom is 0.230 e. The van der Waals surface area contributed by atoms with Gasteiger partial charge in [0.25, 0.3) is 0 Å². The molecule has 1 aromatic carbocycles. The number of nitrogens with one attached hydrogen (secondary N) is 2. The second kappa shape index (κ2) is 9.22. The first-order chi connectivity index (χ1) is 11.5. The summed E-state index contributed by atoms with van der Waals surface area (Å²) in [6, 6.07) is 5.63. The molecule has 1 unspecified atom stereocenters. The van der Waals surface area contributed by atoms with Crippen molar-refractivity contribution in [3.8, 4) is 0 Å². The average molecular weight is 387 g/mol. The van der Waals surface area contributed by atoms with Gasteiger partial charge in [-0.2, -0.15) is 0 Å². The van der Waals surface area contributed by atoms with Gasteiger partial charge in [0.2, 0.25) is 11.0 Å². The van der Waals surface area contributed by atoms with Crippen molar-refractivity contribution < 1.29 is 9.53 Å². The molecule has 1 aromatic heterocycles. The zero-order valence-electron chi connectivity index (χ0n) is 13.6. The van der Waals surface area contributed by atoms with Gasteiger partial charge in [-0.25, -0.2) is 0 Å². The lowest BCUT2D eigenvalue weighted by Crippen LogP contribution is -2.36. The molecule has 0 aliphatic carbocycles. The van der Waals surface area contributed by atoms with E-state index in [0.717, 1.165) is 15.6 Å². The summed E-state index contributed by atoms with van der Waals surface area (Å²) in [6.07, 6.45) is 0. The van der Waals surface area contributed by atoms with Gasteiger partial charge in [-0.3, -0.25) is 4.79 Å². The van der Waals surface area contributed by atoms with E-state index in [1.54, 1.807) is 7.11 Å². The monoisotopic (exact) mass is 386 g/mol. The SMILES string of the molecule is COCC(C)NC(=O)CSc1nnc(Nc2cccc(Cl)c2C)s1. The Kier molecular flexibility index (Phi) is 7.29. The highest BCUT2D eigenvalue weighted by Crippen LogP contribution is 2.30. The summed E-state index contributed by atoms with van der Waals surface area (Å²) in [7, 11) is 1.61. The molecule has 2 N–H and O–H groups in total. The average Bonchev–Trinajstić information content (AvgIpc) is 2.98. The van der Waals surface area contributed by atoms with Crippen LogP contribution in [0, 0.1) is 6.92 Å². The van der Waals surface area contributed by atoms with Gasteiger partial charge in [-0.05, 0) is 31.5 Å². The fraction of sp³-hybridized carbons (Fsp3) is 0.400. The van der Waals surface area contributed by atoms with Crippen LogP contribution in [0.4, 0.5) is 10.8 Å². The third kappa shape index (κ3) is 5.62. The van der Waals surface area contributed by atoms with Crippen LogP contribution in [-0.4, -0.2) is 41.6 Å². The molecule has 2 aromatic rings. The minimum atomic E-state index is -0.0556. The fourth-order valence-corrected chi connectivity index (χ4v) is 3.66. The molecule has 1 heterocycles. The Morgan fingerprint density at radius 2 is 2.25 bits per heavy atom. The number of carbonyl (C=O) groups excluding carboxylic acids is 1. The third-order valence-corrected chi connectivity index (χ3v) is 5.45. The quantitative estimate of drug-likeness (QED) is 0.676. The largest absolute Gasteiger partial charge is 0.383 e. The molecule has 0 aliphatic rings. The molecule has 0 saturated heterocycles. The summed E-state index contributed by atoms with van der Waals surface area (Å²) in [6.45, 7) is 4.32. The first-order valence-corrected chi connectivity index (χ1v) is 9.44. The Morgan fingerprint density at radius 3 is 3.00 bits per heavy atom. The van der Waals surface area contributed by atoms with E-state index in [1.165, 1.54) is 23.1 Å². The number of ether oxygens (including phenoxy) is 1. The zero-order chi connectivity index (χ0) is 17.5. The molecule has 24 heavy (non-hydrogen) atoms. The number of rotatable bonds is 8. The van der Waals surface area contributed by atoms with Crippen LogP contribution in [0.5, 0.6) is 0 Å². The summed E-state index contributed by atoms with van der Waals surface area (Å²) in [5.74, 6) is 0.235. The minimum absolute atomic E-state index is 0.0134. The van der Waals surface area contributed by atoms with E-state index in [0.29, 0.717) is 22.5 Å². The number of hydrogen-bond acceptors (Lipinski definition) is 7. The molecule has 0 saturated carbocycles. The molecule has 6 nitrogen and oxygen atoms in total. The van der Waals surface area contributed by atoms with Crippen molar-refractivity contribution in [2.45, 2.75) is 24.2 Å². The Balaban J connectivity index is 1.87. The van der Waals surface area contributed by atoms with Crippen molar-refractivity contribution in [3.05, 3.63) is 28.8 Å². The van der Waals surface area contributed by atoms with E-state index in [9.17, 15) is 4.79 Å². The lowest BCUT2D eigenvalue weighted by atomic mass is 10.2. The minimum Gasteiger partial charge on any atom is -0.383 e. The summed E-state index contributed by atoms with van der Waals surface area (Å²) < 4.78 is 5.71. The summed E-state index contributed by atoms with van der Waals surface area (Å²) in [5.41, 5.74) is 1.84. The van der Waals surface area contributed by atoms with Gasteiger partial charge in [0.1, 0.15) is 0 Å². The zero-order valence-corrected chi connectivity index (χ0v) is 16.0. The van der Waals surface area contributed by atoms with Gasteiger partial charge in [0.05, 0.1) is 12.4 Å². The van der Waals surface area contributed by atoms with Gasteiger partial charge < -0.3 is 15.4 Å². The Morgan fingerprint density at radius 1 is 1.46 bits per heavy atom. The van der Waals surface area contributed by atoms with Crippen molar-refractivity contribution in [2.24, 2.45) is 0 Å².